The highest BCUT2D eigenvalue weighted by Gasteiger charge is 2.45. The summed E-state index contributed by atoms with van der Waals surface area (Å²) in [6.45, 7) is 2.70. The minimum Gasteiger partial charge on any atom is -0.490 e. The van der Waals surface area contributed by atoms with Crippen molar-refractivity contribution in [2.75, 3.05) is 50.8 Å². The molecule has 5 N–H and O–H groups in total. The summed E-state index contributed by atoms with van der Waals surface area (Å²) in [5.74, 6) is 0.265. The maximum absolute atomic E-state index is 13.4. The quantitative estimate of drug-likeness (QED) is 0.113. The predicted octanol–water partition coefficient (Wildman–Crippen LogP) is 3.49. The number of amides is 1. The van der Waals surface area contributed by atoms with E-state index in [1.54, 1.807) is 0 Å². The van der Waals surface area contributed by atoms with Gasteiger partial charge < -0.3 is 35.2 Å². The second-order valence-corrected chi connectivity index (χ2v) is 18.6. The van der Waals surface area contributed by atoms with E-state index in [9.17, 15) is 38.7 Å². The van der Waals surface area contributed by atoms with Gasteiger partial charge in [0.1, 0.15) is 24.1 Å². The zero-order chi connectivity index (χ0) is 40.0. The highest BCUT2D eigenvalue weighted by Crippen LogP contribution is 2.55. The van der Waals surface area contributed by atoms with E-state index in [1.807, 2.05) is 35.5 Å². The molecule has 1 amide bonds. The number of hydrogen-bond acceptors (Lipinski definition) is 11. The maximum Gasteiger partial charge on any atom is 0.254 e. The largest absolute Gasteiger partial charge is 0.490 e. The Kier molecular flexibility index (Phi) is 14.1. The number of sulfone groups is 1. The predicted molar refractivity (Wildman–Crippen MR) is 214 cm³/mol. The minimum absolute atomic E-state index is 0.00402. The Bertz CT molecular complexity index is 1890. The molecule has 0 bridgehead atoms. The second-order valence-electron chi connectivity index (χ2n) is 15.9. The molecular weight excluding hydrogens is 758 g/mol. The van der Waals surface area contributed by atoms with Gasteiger partial charge in [-0.05, 0) is 103 Å². The molecule has 0 spiro atoms. The summed E-state index contributed by atoms with van der Waals surface area (Å²) in [7, 11) is -3.09. The number of aliphatic hydroxyl groups excluding tert-OH is 5. The van der Waals surface area contributed by atoms with Crippen LogP contribution in [0.2, 0.25) is 5.02 Å². The van der Waals surface area contributed by atoms with Crippen LogP contribution in [0.4, 0.5) is 0 Å². The normalized spacial score (nSPS) is 20.4. The molecule has 14 heteroatoms. The molecule has 56 heavy (non-hydrogen) atoms. The topological polar surface area (TPSA) is 181 Å². The summed E-state index contributed by atoms with van der Waals surface area (Å²) in [4.78, 5) is 21.3. The average molecular weight is 814 g/mol. The average Bonchev–Trinajstić information content (AvgIpc) is 4.16. The summed E-state index contributed by atoms with van der Waals surface area (Å²) in [5.41, 5.74) is 5.71. The van der Waals surface area contributed by atoms with E-state index in [0.717, 1.165) is 66.0 Å². The Hall–Kier alpha value is -3.14. The Morgan fingerprint density at radius 3 is 2.45 bits per heavy atom. The summed E-state index contributed by atoms with van der Waals surface area (Å²) in [6, 6.07) is 16.5. The summed E-state index contributed by atoms with van der Waals surface area (Å²) < 4.78 is 30.1. The molecule has 3 fully saturated rings. The SMILES string of the molecule is CC(CCCN(CCN1CCS(=O)(=O)CC1)C(=O)[C@@H](O)[C@@H](O)[C@H](O)[C@@H](O)CO)c1ccc(Cl)c(CCC2(c3cnccc3-c3ccccc3OC3CC3)CC2)c1. The fourth-order valence-electron chi connectivity index (χ4n) is 7.66. The highest BCUT2D eigenvalue weighted by atomic mass is 35.5. The van der Waals surface area contributed by atoms with Crippen molar-refractivity contribution in [3.05, 3.63) is 82.6 Å². The van der Waals surface area contributed by atoms with E-state index >= 15 is 0 Å². The van der Waals surface area contributed by atoms with Crippen molar-refractivity contribution in [2.24, 2.45) is 0 Å². The minimum atomic E-state index is -3.09. The lowest BCUT2D eigenvalue weighted by Crippen LogP contribution is -2.54. The van der Waals surface area contributed by atoms with Crippen LogP contribution >= 0.6 is 11.6 Å². The van der Waals surface area contributed by atoms with E-state index in [-0.39, 0.29) is 35.9 Å². The van der Waals surface area contributed by atoms with E-state index in [2.05, 4.69) is 42.2 Å². The van der Waals surface area contributed by atoms with Crippen LogP contribution < -0.4 is 4.74 Å². The third-order valence-electron chi connectivity index (χ3n) is 11.8. The lowest BCUT2D eigenvalue weighted by atomic mass is 9.84. The molecule has 3 aromatic rings. The molecule has 1 aliphatic heterocycles. The fourth-order valence-corrected chi connectivity index (χ4v) is 9.15. The van der Waals surface area contributed by atoms with Gasteiger partial charge in [-0.2, -0.15) is 0 Å². The van der Waals surface area contributed by atoms with Crippen molar-refractivity contribution in [2.45, 2.75) is 100 Å². The number of halogens is 1. The standard InChI is InChI=1S/C42H56ClN3O9S/c1-28(5-4-18-46(20-19-45-21-23-56(53,54)24-22-45)41(52)40(51)39(50)38(49)36(48)27-47)29-8-11-35(43)30(25-29)12-14-42(15-16-42)34-26-44-17-13-32(34)33-6-2-3-7-37(33)55-31-9-10-31/h2-3,6-8,11,13,17,25-26,28,31,36,38-40,47-51H,4-5,9-10,12,14-16,18-24,27H2,1H3/t28?,36-,38+,39-,40-/m0/s1. The first-order chi connectivity index (χ1) is 26.8. The second kappa shape index (κ2) is 18.6. The number of pyridine rings is 1. The molecule has 1 aromatic heterocycles. The third kappa shape index (κ3) is 10.7. The van der Waals surface area contributed by atoms with Crippen molar-refractivity contribution in [3.63, 3.8) is 0 Å². The molecule has 5 atom stereocenters. The Morgan fingerprint density at radius 1 is 1.02 bits per heavy atom. The van der Waals surface area contributed by atoms with Crippen molar-refractivity contribution >= 4 is 27.3 Å². The number of hydrogen-bond donors (Lipinski definition) is 5. The van der Waals surface area contributed by atoms with Crippen LogP contribution in [0, 0.1) is 0 Å². The Balaban J connectivity index is 1.09. The molecule has 2 heterocycles. The van der Waals surface area contributed by atoms with E-state index < -0.39 is 46.8 Å². The van der Waals surface area contributed by atoms with Gasteiger partial charge in [-0.25, -0.2) is 8.42 Å². The molecule has 0 radical (unpaired) electrons. The van der Waals surface area contributed by atoms with Gasteiger partial charge in [0.2, 0.25) is 0 Å². The summed E-state index contributed by atoms with van der Waals surface area (Å²) in [5, 5.41) is 51.0. The van der Waals surface area contributed by atoms with E-state index in [0.29, 0.717) is 38.6 Å². The van der Waals surface area contributed by atoms with Gasteiger partial charge in [-0.15, -0.1) is 0 Å². The van der Waals surface area contributed by atoms with Gasteiger partial charge in [0.25, 0.3) is 5.91 Å². The van der Waals surface area contributed by atoms with Gasteiger partial charge in [0.15, 0.2) is 15.9 Å². The van der Waals surface area contributed by atoms with Gasteiger partial charge in [0.05, 0.1) is 24.2 Å². The smallest absolute Gasteiger partial charge is 0.254 e. The van der Waals surface area contributed by atoms with Crippen LogP contribution in [-0.2, 0) is 26.5 Å². The number of carbonyl (C=O) groups is 1. The number of carbonyl (C=O) groups excluding carboxylic acids is 1. The molecule has 1 saturated heterocycles. The Labute approximate surface area is 335 Å². The first-order valence-electron chi connectivity index (χ1n) is 19.8. The van der Waals surface area contributed by atoms with Crippen LogP contribution in [0.5, 0.6) is 5.75 Å². The number of nitrogens with zero attached hydrogens (tertiary/aromatic N) is 3. The van der Waals surface area contributed by atoms with Crippen molar-refractivity contribution in [1.82, 2.24) is 14.8 Å². The number of rotatable bonds is 20. The third-order valence-corrected chi connectivity index (χ3v) is 13.7. The highest BCUT2D eigenvalue weighted by molar-refractivity contribution is 7.91. The van der Waals surface area contributed by atoms with Crippen molar-refractivity contribution in [1.29, 1.82) is 0 Å². The van der Waals surface area contributed by atoms with Gasteiger partial charge in [-0.3, -0.25) is 14.7 Å². The molecule has 3 aliphatic rings. The molecule has 2 saturated carbocycles. The van der Waals surface area contributed by atoms with Gasteiger partial charge >= 0.3 is 0 Å². The summed E-state index contributed by atoms with van der Waals surface area (Å²) >= 11 is 6.80. The first-order valence-corrected chi connectivity index (χ1v) is 22.0. The molecule has 1 unspecified atom stereocenters. The van der Waals surface area contributed by atoms with Gasteiger partial charge in [-0.1, -0.05) is 48.9 Å². The number of para-hydroxylation sites is 1. The molecule has 2 aliphatic carbocycles. The van der Waals surface area contributed by atoms with Crippen LogP contribution in [0.3, 0.4) is 0 Å². The molecule has 2 aromatic carbocycles. The van der Waals surface area contributed by atoms with E-state index in [1.165, 1.54) is 16.0 Å². The number of aromatic nitrogens is 1. The van der Waals surface area contributed by atoms with Crippen LogP contribution in [0.15, 0.2) is 60.9 Å². The molecule has 306 valence electrons. The number of benzene rings is 2. The van der Waals surface area contributed by atoms with Crippen molar-refractivity contribution < 1.29 is 43.5 Å². The zero-order valence-corrected chi connectivity index (χ0v) is 33.6. The number of aryl methyl sites for hydroxylation is 1. The first kappa shape index (κ1) is 42.5. The maximum atomic E-state index is 13.4. The van der Waals surface area contributed by atoms with Crippen LogP contribution in [0.25, 0.3) is 11.1 Å². The lowest BCUT2D eigenvalue weighted by Gasteiger charge is -2.33. The molecule has 12 nitrogen and oxygen atoms in total. The monoisotopic (exact) mass is 813 g/mol. The lowest BCUT2D eigenvalue weighted by molar-refractivity contribution is -0.158. The van der Waals surface area contributed by atoms with Gasteiger partial charge in [0, 0.05) is 55.7 Å². The molecule has 6 rings (SSSR count). The van der Waals surface area contributed by atoms with Crippen LogP contribution in [0.1, 0.15) is 74.5 Å². The zero-order valence-electron chi connectivity index (χ0n) is 32.0. The fraction of sp³-hybridized carbons (Fsp3) is 0.571. The summed E-state index contributed by atoms with van der Waals surface area (Å²) in [6.07, 6.45) is 3.74. The number of aliphatic hydroxyl groups is 5. The van der Waals surface area contributed by atoms with Crippen molar-refractivity contribution in [3.8, 4) is 16.9 Å². The van der Waals surface area contributed by atoms with E-state index in [4.69, 9.17) is 16.3 Å². The molecular formula is C42H56ClN3O9S. The van der Waals surface area contributed by atoms with Crippen LogP contribution in [-0.4, -0.2) is 136 Å². The number of ether oxygens (including phenoxy) is 1. The Morgan fingerprint density at radius 2 is 1.75 bits per heavy atom.